The minimum absolute atomic E-state index is 0.0787. The summed E-state index contributed by atoms with van der Waals surface area (Å²) in [4.78, 5) is 35.1. The van der Waals surface area contributed by atoms with Crippen molar-refractivity contribution in [3.8, 4) is 0 Å². The molecule has 1 aliphatic rings. The van der Waals surface area contributed by atoms with Gasteiger partial charge in [0.25, 0.3) is 5.69 Å². The van der Waals surface area contributed by atoms with Crippen molar-refractivity contribution in [1.29, 1.82) is 0 Å². The summed E-state index contributed by atoms with van der Waals surface area (Å²) in [5, 5.41) is 13.3. The number of rotatable bonds is 2. The second kappa shape index (κ2) is 5.68. The number of hydrogen-bond acceptors (Lipinski definition) is 4. The number of anilines is 1. The number of benzene rings is 1. The van der Waals surface area contributed by atoms with Crippen LogP contribution in [0.15, 0.2) is 24.3 Å². The lowest BCUT2D eigenvalue weighted by Gasteiger charge is -2.30. The van der Waals surface area contributed by atoms with Crippen molar-refractivity contribution in [2.45, 2.75) is 13.3 Å². The number of nitrogens with one attached hydrogen (secondary N) is 1. The molecule has 0 bridgehead atoms. The lowest BCUT2D eigenvalue weighted by Crippen LogP contribution is -2.45. The van der Waals surface area contributed by atoms with Crippen molar-refractivity contribution in [2.24, 2.45) is 5.92 Å². The highest BCUT2D eigenvalue weighted by Crippen LogP contribution is 2.19. The summed E-state index contributed by atoms with van der Waals surface area (Å²) < 4.78 is 0. The van der Waals surface area contributed by atoms with Crippen LogP contribution in [-0.4, -0.2) is 34.7 Å². The monoisotopic (exact) mass is 277 g/mol. The summed E-state index contributed by atoms with van der Waals surface area (Å²) in [5.74, 6) is -0.0102. The Morgan fingerprint density at radius 2 is 2.25 bits per heavy atom. The number of nitrogens with zero attached hydrogens (tertiary/aromatic N) is 2. The van der Waals surface area contributed by atoms with Gasteiger partial charge in [-0.25, -0.2) is 4.79 Å². The molecule has 106 valence electrons. The summed E-state index contributed by atoms with van der Waals surface area (Å²) in [5.41, 5.74) is 0.291. The second-order valence-corrected chi connectivity index (χ2v) is 4.80. The highest BCUT2D eigenvalue weighted by atomic mass is 16.6. The number of hydrogen-bond donors (Lipinski definition) is 1. The molecule has 1 aliphatic heterocycles. The molecule has 7 nitrogen and oxygen atoms in total. The molecule has 0 aromatic heterocycles. The molecule has 2 rings (SSSR count). The van der Waals surface area contributed by atoms with E-state index in [1.165, 1.54) is 18.2 Å². The Bertz CT molecular complexity index is 558. The van der Waals surface area contributed by atoms with Gasteiger partial charge in [0.2, 0.25) is 0 Å². The van der Waals surface area contributed by atoms with Gasteiger partial charge in [-0.3, -0.25) is 14.9 Å². The zero-order valence-electron chi connectivity index (χ0n) is 11.0. The fourth-order valence-corrected chi connectivity index (χ4v) is 2.10. The number of amides is 2. The predicted molar refractivity (Wildman–Crippen MR) is 72.5 cm³/mol. The smallest absolute Gasteiger partial charge is 0.321 e. The minimum atomic E-state index is -0.517. The first-order chi connectivity index (χ1) is 9.47. The van der Waals surface area contributed by atoms with Gasteiger partial charge >= 0.3 is 6.03 Å². The lowest BCUT2D eigenvalue weighted by molar-refractivity contribution is -0.384. The van der Waals surface area contributed by atoms with Crippen LogP contribution >= 0.6 is 0 Å². The summed E-state index contributed by atoms with van der Waals surface area (Å²) in [6.07, 6.45) is 0.351. The number of carbonyl (C=O) groups excluding carboxylic acids is 2. The third-order valence-electron chi connectivity index (χ3n) is 3.27. The van der Waals surface area contributed by atoms with Crippen LogP contribution < -0.4 is 5.32 Å². The van der Waals surface area contributed by atoms with Crippen LogP contribution in [0.3, 0.4) is 0 Å². The van der Waals surface area contributed by atoms with Crippen LogP contribution in [0, 0.1) is 16.0 Å². The zero-order chi connectivity index (χ0) is 14.7. The number of Topliss-reactive ketones (excluding diaryl/α,β-unsaturated/α-hetero) is 1. The summed E-state index contributed by atoms with van der Waals surface area (Å²) in [6.45, 7) is 2.54. The maximum atomic E-state index is 12.0. The number of ketones is 1. The SMILES string of the molecule is CC1CN(C(=O)Nc2cccc([N+](=O)[O-])c2)CCC1=O. The lowest BCUT2D eigenvalue weighted by atomic mass is 9.99. The van der Waals surface area contributed by atoms with E-state index in [4.69, 9.17) is 0 Å². The molecule has 0 radical (unpaired) electrons. The van der Waals surface area contributed by atoms with Crippen molar-refractivity contribution in [1.82, 2.24) is 4.90 Å². The Kier molecular flexibility index (Phi) is 3.97. The largest absolute Gasteiger partial charge is 0.323 e. The van der Waals surface area contributed by atoms with Crippen molar-refractivity contribution >= 4 is 23.2 Å². The Hall–Kier alpha value is -2.44. The highest BCUT2D eigenvalue weighted by molar-refractivity contribution is 5.91. The maximum Gasteiger partial charge on any atom is 0.321 e. The van der Waals surface area contributed by atoms with Gasteiger partial charge in [-0.2, -0.15) is 0 Å². The molecule has 1 saturated heterocycles. The molecule has 1 aromatic carbocycles. The number of carbonyl (C=O) groups is 2. The molecule has 0 spiro atoms. The average Bonchev–Trinajstić information content (AvgIpc) is 2.42. The van der Waals surface area contributed by atoms with E-state index in [1.54, 1.807) is 17.9 Å². The van der Waals surface area contributed by atoms with Crippen LogP contribution in [0.5, 0.6) is 0 Å². The molecule has 0 aliphatic carbocycles. The van der Waals surface area contributed by atoms with Crippen molar-refractivity contribution in [3.63, 3.8) is 0 Å². The third-order valence-corrected chi connectivity index (χ3v) is 3.27. The maximum absolute atomic E-state index is 12.0. The first kappa shape index (κ1) is 14.0. The molecule has 2 amide bonds. The summed E-state index contributed by atoms with van der Waals surface area (Å²) in [6, 6.07) is 5.41. The summed E-state index contributed by atoms with van der Waals surface area (Å²) >= 11 is 0. The van der Waals surface area contributed by atoms with E-state index >= 15 is 0 Å². The third kappa shape index (κ3) is 3.11. The first-order valence-electron chi connectivity index (χ1n) is 6.30. The zero-order valence-corrected chi connectivity index (χ0v) is 11.0. The molecule has 1 heterocycles. The molecule has 20 heavy (non-hydrogen) atoms. The molecule has 7 heteroatoms. The van der Waals surface area contributed by atoms with E-state index in [-0.39, 0.29) is 23.4 Å². The fraction of sp³-hybridized carbons (Fsp3) is 0.385. The molecule has 1 N–H and O–H groups in total. The molecule has 1 aromatic rings. The van der Waals surface area contributed by atoms with Crippen molar-refractivity contribution in [2.75, 3.05) is 18.4 Å². The van der Waals surface area contributed by atoms with Crippen LogP contribution in [0.1, 0.15) is 13.3 Å². The van der Waals surface area contributed by atoms with Gasteiger partial charge in [0, 0.05) is 43.2 Å². The van der Waals surface area contributed by atoms with Gasteiger partial charge in [-0.1, -0.05) is 13.0 Å². The topological polar surface area (TPSA) is 92.6 Å². The van der Waals surface area contributed by atoms with Gasteiger partial charge in [0.05, 0.1) is 4.92 Å². The number of urea groups is 1. The molecular weight excluding hydrogens is 262 g/mol. The van der Waals surface area contributed by atoms with E-state index in [1.807, 2.05) is 0 Å². The van der Waals surface area contributed by atoms with Gasteiger partial charge in [-0.15, -0.1) is 0 Å². The Labute approximate surface area is 115 Å². The van der Waals surface area contributed by atoms with Crippen LogP contribution in [0.2, 0.25) is 0 Å². The quantitative estimate of drug-likeness (QED) is 0.661. The van der Waals surface area contributed by atoms with Gasteiger partial charge in [0.15, 0.2) is 0 Å². The predicted octanol–water partition coefficient (Wildman–Crippen LogP) is 2.04. The van der Waals surface area contributed by atoms with Gasteiger partial charge < -0.3 is 10.2 Å². The van der Waals surface area contributed by atoms with E-state index in [0.717, 1.165) is 0 Å². The first-order valence-corrected chi connectivity index (χ1v) is 6.30. The Balaban J connectivity index is 2.03. The molecule has 0 saturated carbocycles. The van der Waals surface area contributed by atoms with Crippen molar-refractivity contribution < 1.29 is 14.5 Å². The van der Waals surface area contributed by atoms with Gasteiger partial charge in [-0.05, 0) is 6.07 Å². The number of nitro benzene ring substituents is 1. The molecule has 1 unspecified atom stereocenters. The standard InChI is InChI=1S/C13H15N3O4/c1-9-8-15(6-5-12(9)17)13(18)14-10-3-2-4-11(7-10)16(19)20/h2-4,7,9H,5-6,8H2,1H3,(H,14,18). The van der Waals surface area contributed by atoms with Crippen LogP contribution in [0.25, 0.3) is 0 Å². The van der Waals surface area contributed by atoms with Crippen LogP contribution in [0.4, 0.5) is 16.2 Å². The van der Waals surface area contributed by atoms with E-state index in [0.29, 0.717) is 25.2 Å². The number of non-ortho nitro benzene ring substituents is 1. The summed E-state index contributed by atoms with van der Waals surface area (Å²) in [7, 11) is 0. The van der Waals surface area contributed by atoms with E-state index in [9.17, 15) is 19.7 Å². The fourth-order valence-electron chi connectivity index (χ4n) is 2.10. The molecule has 1 atom stereocenters. The highest BCUT2D eigenvalue weighted by Gasteiger charge is 2.26. The van der Waals surface area contributed by atoms with Gasteiger partial charge in [0.1, 0.15) is 5.78 Å². The normalized spacial score (nSPS) is 18.8. The molecule has 1 fully saturated rings. The Morgan fingerprint density at radius 3 is 2.90 bits per heavy atom. The number of nitro groups is 1. The molecular formula is C13H15N3O4. The van der Waals surface area contributed by atoms with E-state index < -0.39 is 4.92 Å². The number of likely N-dealkylation sites (tertiary alicyclic amines) is 1. The van der Waals surface area contributed by atoms with Crippen LogP contribution in [-0.2, 0) is 4.79 Å². The second-order valence-electron chi connectivity index (χ2n) is 4.80. The minimum Gasteiger partial charge on any atom is -0.323 e. The number of piperidine rings is 1. The average molecular weight is 277 g/mol. The Morgan fingerprint density at radius 1 is 1.50 bits per heavy atom. The van der Waals surface area contributed by atoms with E-state index in [2.05, 4.69) is 5.32 Å². The van der Waals surface area contributed by atoms with Crippen molar-refractivity contribution in [3.05, 3.63) is 34.4 Å².